The third kappa shape index (κ3) is 3.68. The molecule has 1 aromatic heterocycles. The van der Waals surface area contributed by atoms with E-state index < -0.39 is 12.1 Å². The van der Waals surface area contributed by atoms with Gasteiger partial charge in [-0.1, -0.05) is 18.2 Å². The first kappa shape index (κ1) is 16.1. The van der Waals surface area contributed by atoms with Crippen molar-refractivity contribution in [3.8, 4) is 5.75 Å². The highest BCUT2D eigenvalue weighted by Gasteiger charge is 2.20. The van der Waals surface area contributed by atoms with Crippen LogP contribution in [-0.2, 0) is 4.74 Å². The number of rotatable bonds is 6. The number of aryl methyl sites for hydroxylation is 1. The number of nitrogens with one attached hydrogen (secondary N) is 1. The first-order valence-electron chi connectivity index (χ1n) is 7.22. The highest BCUT2D eigenvalue weighted by Crippen LogP contribution is 2.24. The van der Waals surface area contributed by atoms with Gasteiger partial charge >= 0.3 is 5.97 Å². The third-order valence-electron chi connectivity index (χ3n) is 3.45. The van der Waals surface area contributed by atoms with Crippen molar-refractivity contribution < 1.29 is 19.4 Å². The highest BCUT2D eigenvalue weighted by molar-refractivity contribution is 5.89. The van der Waals surface area contributed by atoms with E-state index in [2.05, 4.69) is 4.98 Å². The van der Waals surface area contributed by atoms with E-state index >= 15 is 0 Å². The molecule has 0 amide bonds. The summed E-state index contributed by atoms with van der Waals surface area (Å²) in [5.74, 6) is 0.297. The van der Waals surface area contributed by atoms with Crippen molar-refractivity contribution in [2.24, 2.45) is 0 Å². The van der Waals surface area contributed by atoms with Crippen molar-refractivity contribution in [3.63, 3.8) is 0 Å². The van der Waals surface area contributed by atoms with E-state index in [4.69, 9.17) is 9.47 Å². The smallest absolute Gasteiger partial charge is 0.355 e. The summed E-state index contributed by atoms with van der Waals surface area (Å²) >= 11 is 0. The summed E-state index contributed by atoms with van der Waals surface area (Å²) in [7, 11) is 0. The van der Waals surface area contributed by atoms with E-state index in [1.54, 1.807) is 13.8 Å². The first-order valence-corrected chi connectivity index (χ1v) is 7.22. The van der Waals surface area contributed by atoms with Crippen LogP contribution in [0.4, 0.5) is 0 Å². The highest BCUT2D eigenvalue weighted by atomic mass is 16.6. The topological polar surface area (TPSA) is 71.6 Å². The molecule has 0 radical (unpaired) electrons. The van der Waals surface area contributed by atoms with Gasteiger partial charge in [-0.25, -0.2) is 4.79 Å². The second-order valence-corrected chi connectivity index (χ2v) is 5.14. The van der Waals surface area contributed by atoms with Gasteiger partial charge in [0.2, 0.25) is 0 Å². The Bertz CT molecular complexity index is 632. The predicted molar refractivity (Wildman–Crippen MR) is 83.1 cm³/mol. The van der Waals surface area contributed by atoms with Crippen LogP contribution in [-0.4, -0.2) is 29.3 Å². The van der Waals surface area contributed by atoms with Crippen LogP contribution in [0.25, 0.3) is 0 Å². The standard InChI is InChI=1S/C17H21NO4/c1-11-15(13(3)19)12(2)18-16(11)17(20)22-10-9-21-14-7-5-4-6-8-14/h4-8,13,18-19H,9-10H2,1-3H3/t13-/m0/s1. The number of hydrogen-bond donors (Lipinski definition) is 2. The quantitative estimate of drug-likeness (QED) is 0.636. The minimum absolute atomic E-state index is 0.162. The maximum absolute atomic E-state index is 12.1. The molecule has 0 unspecified atom stereocenters. The zero-order valence-electron chi connectivity index (χ0n) is 13.1. The van der Waals surface area contributed by atoms with Crippen molar-refractivity contribution in [1.29, 1.82) is 0 Å². The van der Waals surface area contributed by atoms with E-state index in [-0.39, 0.29) is 13.2 Å². The minimum Gasteiger partial charge on any atom is -0.490 e. The summed E-state index contributed by atoms with van der Waals surface area (Å²) in [6.07, 6.45) is -0.626. The Kier molecular flexibility index (Phi) is 5.22. The number of carbonyl (C=O) groups is 1. The third-order valence-corrected chi connectivity index (χ3v) is 3.45. The number of H-pyrrole nitrogens is 1. The molecule has 2 rings (SSSR count). The summed E-state index contributed by atoms with van der Waals surface area (Å²) in [6, 6.07) is 9.35. The summed E-state index contributed by atoms with van der Waals surface area (Å²) in [5.41, 5.74) is 2.63. The molecule has 0 saturated carbocycles. The van der Waals surface area contributed by atoms with Gasteiger partial charge in [0.05, 0.1) is 6.10 Å². The van der Waals surface area contributed by atoms with Crippen molar-refractivity contribution in [3.05, 3.63) is 52.8 Å². The van der Waals surface area contributed by atoms with E-state index in [1.807, 2.05) is 37.3 Å². The fourth-order valence-electron chi connectivity index (χ4n) is 2.48. The van der Waals surface area contributed by atoms with Gasteiger partial charge in [0, 0.05) is 11.3 Å². The monoisotopic (exact) mass is 303 g/mol. The average molecular weight is 303 g/mol. The van der Waals surface area contributed by atoms with Gasteiger partial charge in [-0.3, -0.25) is 0 Å². The number of benzene rings is 1. The summed E-state index contributed by atoms with van der Waals surface area (Å²) in [5, 5.41) is 9.73. The van der Waals surface area contributed by atoms with E-state index in [1.165, 1.54) is 0 Å². The summed E-state index contributed by atoms with van der Waals surface area (Å²) in [4.78, 5) is 15.1. The number of esters is 1. The van der Waals surface area contributed by atoms with Crippen LogP contribution >= 0.6 is 0 Å². The number of aromatic amines is 1. The molecule has 5 nitrogen and oxygen atoms in total. The van der Waals surface area contributed by atoms with Gasteiger partial charge in [0.1, 0.15) is 24.7 Å². The van der Waals surface area contributed by atoms with Gasteiger partial charge in [0.15, 0.2) is 0 Å². The second-order valence-electron chi connectivity index (χ2n) is 5.14. The number of carbonyl (C=O) groups excluding carboxylic acids is 1. The minimum atomic E-state index is -0.626. The maximum atomic E-state index is 12.1. The molecule has 0 spiro atoms. The molecule has 2 aromatic rings. The number of ether oxygens (including phenoxy) is 2. The molecule has 5 heteroatoms. The van der Waals surface area contributed by atoms with Crippen LogP contribution in [0.2, 0.25) is 0 Å². The number of aliphatic hydroxyl groups is 1. The lowest BCUT2D eigenvalue weighted by Crippen LogP contribution is -2.13. The zero-order valence-corrected chi connectivity index (χ0v) is 13.1. The Balaban J connectivity index is 1.89. The molecule has 2 N–H and O–H groups in total. The Labute approximate surface area is 129 Å². The number of hydrogen-bond acceptors (Lipinski definition) is 4. The van der Waals surface area contributed by atoms with Crippen molar-refractivity contribution in [1.82, 2.24) is 4.98 Å². The number of para-hydroxylation sites is 1. The molecule has 22 heavy (non-hydrogen) atoms. The summed E-state index contributed by atoms with van der Waals surface area (Å²) < 4.78 is 10.7. The van der Waals surface area contributed by atoms with Crippen LogP contribution in [0.15, 0.2) is 30.3 Å². The molecule has 0 aliphatic heterocycles. The van der Waals surface area contributed by atoms with Gasteiger partial charge in [0.25, 0.3) is 0 Å². The van der Waals surface area contributed by atoms with Crippen molar-refractivity contribution in [2.45, 2.75) is 26.9 Å². The van der Waals surface area contributed by atoms with Crippen LogP contribution < -0.4 is 4.74 Å². The second kappa shape index (κ2) is 7.13. The van der Waals surface area contributed by atoms with Gasteiger partial charge in [-0.2, -0.15) is 0 Å². The van der Waals surface area contributed by atoms with Crippen LogP contribution in [0.5, 0.6) is 5.75 Å². The number of aromatic nitrogens is 1. The van der Waals surface area contributed by atoms with Crippen molar-refractivity contribution >= 4 is 5.97 Å². The maximum Gasteiger partial charge on any atom is 0.355 e. The molecule has 0 fully saturated rings. The van der Waals surface area contributed by atoms with E-state index in [0.717, 1.165) is 22.6 Å². The van der Waals surface area contributed by atoms with Crippen LogP contribution in [0.3, 0.4) is 0 Å². The Morgan fingerprint density at radius 1 is 1.23 bits per heavy atom. The molecule has 1 aromatic carbocycles. The molecule has 0 aliphatic rings. The largest absolute Gasteiger partial charge is 0.490 e. The van der Waals surface area contributed by atoms with Crippen LogP contribution in [0.1, 0.15) is 40.3 Å². The lowest BCUT2D eigenvalue weighted by molar-refractivity contribution is 0.0443. The summed E-state index contributed by atoms with van der Waals surface area (Å²) in [6.45, 7) is 5.74. The van der Waals surface area contributed by atoms with Gasteiger partial charge in [-0.05, 0) is 38.5 Å². The Morgan fingerprint density at radius 3 is 2.50 bits per heavy atom. The fourth-order valence-corrected chi connectivity index (χ4v) is 2.48. The molecular formula is C17H21NO4. The molecule has 1 atom stereocenters. The molecule has 1 heterocycles. The predicted octanol–water partition coefficient (Wildman–Crippen LogP) is 2.92. The van der Waals surface area contributed by atoms with Crippen LogP contribution in [0, 0.1) is 13.8 Å². The lowest BCUT2D eigenvalue weighted by atomic mass is 10.1. The Morgan fingerprint density at radius 2 is 1.91 bits per heavy atom. The normalized spacial score (nSPS) is 12.0. The molecule has 118 valence electrons. The molecular weight excluding hydrogens is 282 g/mol. The van der Waals surface area contributed by atoms with E-state index in [9.17, 15) is 9.90 Å². The molecule has 0 saturated heterocycles. The zero-order chi connectivity index (χ0) is 16.1. The molecule has 0 bridgehead atoms. The van der Waals surface area contributed by atoms with Gasteiger partial charge < -0.3 is 19.6 Å². The first-order chi connectivity index (χ1) is 10.5. The molecule has 0 aliphatic carbocycles. The van der Waals surface area contributed by atoms with Gasteiger partial charge in [-0.15, -0.1) is 0 Å². The Hall–Kier alpha value is -2.27. The SMILES string of the molecule is Cc1[nH]c(C(=O)OCCOc2ccccc2)c(C)c1[C@H](C)O. The number of aliphatic hydroxyl groups excluding tert-OH is 1. The van der Waals surface area contributed by atoms with Crippen molar-refractivity contribution in [2.75, 3.05) is 13.2 Å². The van der Waals surface area contributed by atoms with E-state index in [0.29, 0.717) is 5.69 Å². The lowest BCUT2D eigenvalue weighted by Gasteiger charge is -2.07. The fraction of sp³-hybridized carbons (Fsp3) is 0.353. The average Bonchev–Trinajstić information content (AvgIpc) is 2.79.